The van der Waals surface area contributed by atoms with E-state index in [1.165, 1.54) is 0 Å². The molecular formula is CHN3O7. The van der Waals surface area contributed by atoms with Gasteiger partial charge >= 0.3 is 11.2 Å². The van der Waals surface area contributed by atoms with E-state index in [4.69, 9.17) is 5.11 Å². The van der Waals surface area contributed by atoms with E-state index in [0.29, 0.717) is 0 Å². The Morgan fingerprint density at radius 2 is 1.91 bits per heavy atom. The lowest BCUT2D eigenvalue weighted by Crippen LogP contribution is -2.36. The van der Waals surface area contributed by atoms with E-state index < -0.39 is 21.4 Å². The molecular weight excluding hydrogens is 166 g/mol. The fourth-order valence-corrected chi connectivity index (χ4v) is 0.198. The zero-order valence-electron chi connectivity index (χ0n) is 4.74. The normalized spacial score (nSPS) is 8.36. The highest BCUT2D eigenvalue weighted by Gasteiger charge is 2.28. The topological polar surface area (TPSA) is 136 Å². The number of amides is 1. The van der Waals surface area contributed by atoms with Gasteiger partial charge in [-0.25, -0.2) is 14.9 Å². The van der Waals surface area contributed by atoms with Gasteiger partial charge < -0.3 is 5.11 Å². The van der Waals surface area contributed by atoms with Gasteiger partial charge in [-0.3, -0.25) is 0 Å². The number of hydroxylamine groups is 1. The summed E-state index contributed by atoms with van der Waals surface area (Å²) in [6, 6.07) is 0. The first-order chi connectivity index (χ1) is 4.95. The highest BCUT2D eigenvalue weighted by Crippen LogP contribution is 1.90. The van der Waals surface area contributed by atoms with Crippen molar-refractivity contribution < 1.29 is 25.0 Å². The Bertz CT molecular complexity index is 184. The summed E-state index contributed by atoms with van der Waals surface area (Å²) in [7, 11) is 0. The first kappa shape index (κ1) is 8.87. The molecule has 0 saturated heterocycles. The molecule has 0 radical (unpaired) electrons. The van der Waals surface area contributed by atoms with Gasteiger partial charge in [-0.15, -0.1) is 15.1 Å². The Morgan fingerprint density at radius 3 is 2.00 bits per heavy atom. The van der Waals surface area contributed by atoms with E-state index in [1.54, 1.807) is 0 Å². The summed E-state index contributed by atoms with van der Waals surface area (Å²) in [6.45, 7) is 0. The number of rotatable bonds is 3. The molecule has 10 heteroatoms. The standard InChI is InChI=1S/CHN3O7/c5-1(6)2(3(7)8)11-4(9)10/h(H,5,6). The molecule has 0 unspecified atom stereocenters. The van der Waals surface area contributed by atoms with Crippen LogP contribution in [0, 0.1) is 20.2 Å². The summed E-state index contributed by atoms with van der Waals surface area (Å²) in [4.78, 5) is 31.8. The highest BCUT2D eigenvalue weighted by atomic mass is 17.1. The summed E-state index contributed by atoms with van der Waals surface area (Å²) in [5.74, 6) is 0. The van der Waals surface area contributed by atoms with Crippen molar-refractivity contribution >= 4 is 6.09 Å². The van der Waals surface area contributed by atoms with Crippen molar-refractivity contribution in [3.8, 4) is 0 Å². The van der Waals surface area contributed by atoms with Gasteiger partial charge in [-0.05, 0) is 0 Å². The minimum atomic E-state index is -2.19. The molecule has 1 amide bonds. The van der Waals surface area contributed by atoms with E-state index in [9.17, 15) is 25.0 Å². The third-order valence-corrected chi connectivity index (χ3v) is 0.456. The number of nitrogens with zero attached hydrogens (tertiary/aromatic N) is 3. The van der Waals surface area contributed by atoms with Crippen LogP contribution < -0.4 is 0 Å². The molecule has 1 N–H and O–H groups in total. The fourth-order valence-electron chi connectivity index (χ4n) is 0.198. The van der Waals surface area contributed by atoms with Crippen LogP contribution in [0.2, 0.25) is 0 Å². The van der Waals surface area contributed by atoms with Gasteiger partial charge in [0.1, 0.15) is 0 Å². The molecule has 0 fully saturated rings. The van der Waals surface area contributed by atoms with Crippen molar-refractivity contribution in [1.82, 2.24) is 5.17 Å². The van der Waals surface area contributed by atoms with E-state index in [2.05, 4.69) is 4.94 Å². The van der Waals surface area contributed by atoms with Gasteiger partial charge in [0.05, 0.1) is 0 Å². The van der Waals surface area contributed by atoms with Crippen molar-refractivity contribution in [3.05, 3.63) is 20.2 Å². The lowest BCUT2D eigenvalue weighted by Gasteiger charge is -2.01. The largest absolute Gasteiger partial charge is 0.495 e. The van der Waals surface area contributed by atoms with Crippen molar-refractivity contribution in [1.29, 1.82) is 0 Å². The monoisotopic (exact) mass is 167 g/mol. The van der Waals surface area contributed by atoms with Crippen LogP contribution in [0.1, 0.15) is 0 Å². The van der Waals surface area contributed by atoms with E-state index >= 15 is 0 Å². The van der Waals surface area contributed by atoms with E-state index in [0.717, 1.165) is 0 Å². The van der Waals surface area contributed by atoms with Gasteiger partial charge in [0, 0.05) is 0 Å². The van der Waals surface area contributed by atoms with Gasteiger partial charge in [0.2, 0.25) is 0 Å². The molecule has 11 heavy (non-hydrogen) atoms. The average molecular weight is 167 g/mol. The van der Waals surface area contributed by atoms with Crippen LogP contribution >= 0.6 is 0 Å². The minimum Gasteiger partial charge on any atom is -0.460 e. The molecule has 62 valence electrons. The first-order valence-electron chi connectivity index (χ1n) is 1.95. The summed E-state index contributed by atoms with van der Waals surface area (Å²) in [5.41, 5.74) is 0. The number of carbonyl (C=O) groups is 1. The van der Waals surface area contributed by atoms with E-state index in [1.807, 2.05) is 0 Å². The molecule has 0 spiro atoms. The molecule has 10 nitrogen and oxygen atoms in total. The van der Waals surface area contributed by atoms with Crippen molar-refractivity contribution in [2.45, 2.75) is 0 Å². The molecule has 0 aromatic heterocycles. The van der Waals surface area contributed by atoms with Crippen LogP contribution in [0.3, 0.4) is 0 Å². The second-order valence-electron chi connectivity index (χ2n) is 1.10. The Kier molecular flexibility index (Phi) is 2.53. The zero-order chi connectivity index (χ0) is 9.02. The van der Waals surface area contributed by atoms with Crippen LogP contribution in [0.4, 0.5) is 4.79 Å². The number of carboxylic acid groups (broad SMARTS) is 1. The number of nitro groups is 1. The van der Waals surface area contributed by atoms with Crippen LogP contribution in [0.15, 0.2) is 0 Å². The second-order valence-corrected chi connectivity index (χ2v) is 1.10. The quantitative estimate of drug-likeness (QED) is 0.432. The third kappa shape index (κ3) is 2.78. The minimum absolute atomic E-state index is 1.03. The second kappa shape index (κ2) is 3.14. The molecule has 0 saturated carbocycles. The zero-order valence-corrected chi connectivity index (χ0v) is 4.74. The molecule has 0 aliphatic heterocycles. The summed E-state index contributed by atoms with van der Waals surface area (Å²) >= 11 is 0. The maximum absolute atomic E-state index is 9.73. The molecule has 0 rings (SSSR count). The first-order valence-corrected chi connectivity index (χ1v) is 1.95. The molecule has 0 aromatic rings. The molecule has 0 bridgehead atoms. The Hall–Kier alpha value is -2.13. The fraction of sp³-hybridized carbons (Fsp3) is 0. The number of hydrogen-bond donors (Lipinski definition) is 1. The smallest absolute Gasteiger partial charge is 0.460 e. The van der Waals surface area contributed by atoms with Crippen LogP contribution in [0.5, 0.6) is 0 Å². The van der Waals surface area contributed by atoms with Gasteiger partial charge in [0.15, 0.2) is 10.2 Å². The Labute approximate surface area is 57.8 Å². The Morgan fingerprint density at radius 1 is 1.45 bits per heavy atom. The van der Waals surface area contributed by atoms with Crippen LogP contribution in [-0.2, 0) is 4.94 Å². The molecule has 0 aliphatic rings. The van der Waals surface area contributed by atoms with E-state index in [-0.39, 0.29) is 0 Å². The average Bonchev–Trinajstić information content (AvgIpc) is 1.81. The molecule has 0 heterocycles. The third-order valence-electron chi connectivity index (χ3n) is 0.456. The summed E-state index contributed by atoms with van der Waals surface area (Å²) < 4.78 is 0. The maximum Gasteiger partial charge on any atom is 0.495 e. The summed E-state index contributed by atoms with van der Waals surface area (Å²) in [6.07, 6.45) is -2.19. The molecule has 0 atom stereocenters. The van der Waals surface area contributed by atoms with Crippen LogP contribution in [-0.4, -0.2) is 26.5 Å². The summed E-state index contributed by atoms with van der Waals surface area (Å²) in [5, 5.41) is 22.6. The molecule has 0 aromatic carbocycles. The maximum atomic E-state index is 9.73. The lowest BCUT2D eigenvalue weighted by atomic mass is 11.2. The number of hydrazine groups is 1. The van der Waals surface area contributed by atoms with Crippen LogP contribution in [0.25, 0.3) is 0 Å². The SMILES string of the molecule is O=C(O)N(O[N+](=O)[O-])[N+](=O)[O-]. The van der Waals surface area contributed by atoms with Crippen molar-refractivity contribution in [2.75, 3.05) is 0 Å². The van der Waals surface area contributed by atoms with Crippen molar-refractivity contribution in [2.24, 2.45) is 0 Å². The highest BCUT2D eigenvalue weighted by molar-refractivity contribution is 5.61. The van der Waals surface area contributed by atoms with Gasteiger partial charge in [-0.1, -0.05) is 0 Å². The predicted molar refractivity (Wildman–Crippen MR) is 24.9 cm³/mol. The van der Waals surface area contributed by atoms with Gasteiger partial charge in [-0.2, -0.15) is 0 Å². The molecule has 0 aliphatic carbocycles. The lowest BCUT2D eigenvalue weighted by molar-refractivity contribution is -0.904. The van der Waals surface area contributed by atoms with Crippen molar-refractivity contribution in [3.63, 3.8) is 0 Å². The Balaban J connectivity index is 4.23. The van der Waals surface area contributed by atoms with Gasteiger partial charge in [0.25, 0.3) is 0 Å². The number of hydrogen-bond acceptors (Lipinski definition) is 6. The predicted octanol–water partition coefficient (Wildman–Crippen LogP) is -0.719.